The van der Waals surface area contributed by atoms with Gasteiger partial charge in [0, 0.05) is 13.5 Å². The Kier molecular flexibility index (Phi) is 3.49. The van der Waals surface area contributed by atoms with Crippen molar-refractivity contribution in [1.29, 1.82) is 0 Å². The van der Waals surface area contributed by atoms with Crippen LogP contribution in [0.2, 0.25) is 0 Å². The minimum Gasteiger partial charge on any atom is -0.324 e. The van der Waals surface area contributed by atoms with Crippen molar-refractivity contribution >= 4 is 0 Å². The number of aryl methyl sites for hydroxylation is 3. The van der Waals surface area contributed by atoms with E-state index in [1.54, 1.807) is 16.8 Å². The van der Waals surface area contributed by atoms with Gasteiger partial charge in [0.05, 0.1) is 6.54 Å². The molecule has 0 bridgehead atoms. The van der Waals surface area contributed by atoms with E-state index in [0.717, 1.165) is 5.82 Å². The van der Waals surface area contributed by atoms with Crippen molar-refractivity contribution in [2.75, 3.05) is 0 Å². The maximum atomic E-state index is 13.4. The molecule has 0 saturated carbocycles. The summed E-state index contributed by atoms with van der Waals surface area (Å²) in [4.78, 5) is 4.28. The van der Waals surface area contributed by atoms with Gasteiger partial charge >= 0.3 is 0 Å². The third-order valence-corrected chi connectivity index (χ3v) is 2.66. The summed E-state index contributed by atoms with van der Waals surface area (Å²) >= 11 is 0. The summed E-state index contributed by atoms with van der Waals surface area (Å²) in [5, 5.41) is 4.15. The van der Waals surface area contributed by atoms with Crippen LogP contribution < -0.4 is 5.73 Å². The lowest BCUT2D eigenvalue weighted by atomic mass is 10.1. The minimum absolute atomic E-state index is 0.172. The fourth-order valence-electron chi connectivity index (χ4n) is 1.73. The van der Waals surface area contributed by atoms with E-state index in [-0.39, 0.29) is 5.82 Å². The van der Waals surface area contributed by atoms with Crippen molar-refractivity contribution in [3.8, 4) is 0 Å². The highest BCUT2D eigenvalue weighted by atomic mass is 19.1. The van der Waals surface area contributed by atoms with Crippen LogP contribution in [0.15, 0.2) is 24.3 Å². The summed E-state index contributed by atoms with van der Waals surface area (Å²) in [7, 11) is 1.82. The van der Waals surface area contributed by atoms with Crippen molar-refractivity contribution in [2.45, 2.75) is 19.4 Å². The quantitative estimate of drug-likeness (QED) is 0.864. The van der Waals surface area contributed by atoms with E-state index >= 15 is 0 Å². The smallest absolute Gasteiger partial charge is 0.164 e. The van der Waals surface area contributed by atoms with Gasteiger partial charge in [-0.3, -0.25) is 4.68 Å². The van der Waals surface area contributed by atoms with Gasteiger partial charge in [0.2, 0.25) is 0 Å². The van der Waals surface area contributed by atoms with Gasteiger partial charge in [-0.15, -0.1) is 0 Å². The second-order valence-electron chi connectivity index (χ2n) is 3.86. The number of hydrogen-bond donors (Lipinski definition) is 1. The molecular weight excluding hydrogens is 219 g/mol. The van der Waals surface area contributed by atoms with E-state index in [1.165, 1.54) is 6.07 Å². The Labute approximate surface area is 99.3 Å². The van der Waals surface area contributed by atoms with Gasteiger partial charge in [0.15, 0.2) is 5.82 Å². The van der Waals surface area contributed by atoms with Gasteiger partial charge in [-0.1, -0.05) is 18.2 Å². The SMILES string of the molecule is Cn1nc(CN)nc1CCc1ccccc1F. The molecule has 0 aliphatic carbocycles. The van der Waals surface area contributed by atoms with Crippen molar-refractivity contribution in [1.82, 2.24) is 14.8 Å². The summed E-state index contributed by atoms with van der Waals surface area (Å²) in [6.45, 7) is 0.327. The lowest BCUT2D eigenvalue weighted by Crippen LogP contribution is -2.02. The molecule has 1 heterocycles. The van der Waals surface area contributed by atoms with Crippen LogP contribution in [0, 0.1) is 5.82 Å². The number of nitrogens with zero attached hydrogens (tertiary/aromatic N) is 3. The normalized spacial score (nSPS) is 10.8. The molecule has 1 aromatic heterocycles. The molecule has 2 rings (SSSR count). The van der Waals surface area contributed by atoms with Gasteiger partial charge in [-0.2, -0.15) is 5.10 Å². The standard InChI is InChI=1S/C12H15FN4/c1-17-12(15-11(8-14)16-17)7-6-9-4-2-3-5-10(9)13/h2-5H,6-8,14H2,1H3. The Morgan fingerprint density at radius 3 is 2.71 bits per heavy atom. The highest BCUT2D eigenvalue weighted by molar-refractivity contribution is 5.18. The van der Waals surface area contributed by atoms with Crippen molar-refractivity contribution < 1.29 is 4.39 Å². The van der Waals surface area contributed by atoms with E-state index < -0.39 is 0 Å². The fraction of sp³-hybridized carbons (Fsp3) is 0.333. The molecule has 0 spiro atoms. The molecule has 4 nitrogen and oxygen atoms in total. The molecule has 2 aromatic rings. The van der Waals surface area contributed by atoms with Crippen molar-refractivity contribution in [3.05, 3.63) is 47.3 Å². The number of halogens is 1. The Morgan fingerprint density at radius 1 is 1.29 bits per heavy atom. The molecule has 1 aromatic carbocycles. The third kappa shape index (κ3) is 2.68. The molecule has 0 aliphatic heterocycles. The Bertz CT molecular complexity index is 507. The van der Waals surface area contributed by atoms with E-state index in [2.05, 4.69) is 10.1 Å². The lowest BCUT2D eigenvalue weighted by Gasteiger charge is -2.02. The first-order valence-corrected chi connectivity index (χ1v) is 5.53. The zero-order chi connectivity index (χ0) is 12.3. The number of hydrogen-bond acceptors (Lipinski definition) is 3. The predicted octanol–water partition coefficient (Wildman–Crippen LogP) is 1.20. The van der Waals surface area contributed by atoms with Gasteiger partial charge in [0.25, 0.3) is 0 Å². The average molecular weight is 234 g/mol. The zero-order valence-corrected chi connectivity index (χ0v) is 9.73. The molecule has 0 amide bonds. The molecule has 0 atom stereocenters. The van der Waals surface area contributed by atoms with Crippen molar-refractivity contribution in [2.24, 2.45) is 12.8 Å². The molecule has 0 fully saturated rings. The Hall–Kier alpha value is -1.75. The molecule has 90 valence electrons. The maximum Gasteiger partial charge on any atom is 0.164 e. The molecule has 0 aliphatic rings. The van der Waals surface area contributed by atoms with Crippen LogP contribution in [0.25, 0.3) is 0 Å². The summed E-state index contributed by atoms with van der Waals surface area (Å²) in [6.07, 6.45) is 1.27. The number of benzene rings is 1. The molecule has 0 radical (unpaired) electrons. The predicted molar refractivity (Wildman–Crippen MR) is 62.7 cm³/mol. The fourth-order valence-corrected chi connectivity index (χ4v) is 1.73. The second kappa shape index (κ2) is 5.05. The lowest BCUT2D eigenvalue weighted by molar-refractivity contribution is 0.603. The van der Waals surface area contributed by atoms with E-state index in [4.69, 9.17) is 5.73 Å². The number of aromatic nitrogens is 3. The first-order chi connectivity index (χ1) is 8.20. The minimum atomic E-state index is -0.172. The summed E-state index contributed by atoms with van der Waals surface area (Å²) < 4.78 is 15.1. The van der Waals surface area contributed by atoms with E-state index in [1.807, 2.05) is 13.1 Å². The van der Waals surface area contributed by atoms with Crippen LogP contribution in [0.3, 0.4) is 0 Å². The first-order valence-electron chi connectivity index (χ1n) is 5.53. The molecule has 2 N–H and O–H groups in total. The number of rotatable bonds is 4. The summed E-state index contributed by atoms with van der Waals surface area (Å²) in [5.74, 6) is 1.28. The molecular formula is C12H15FN4. The Balaban J connectivity index is 2.07. The summed E-state index contributed by atoms with van der Waals surface area (Å²) in [6, 6.07) is 6.78. The van der Waals surface area contributed by atoms with Crippen LogP contribution >= 0.6 is 0 Å². The van der Waals surface area contributed by atoms with Crippen LogP contribution in [0.4, 0.5) is 4.39 Å². The number of nitrogens with two attached hydrogens (primary N) is 1. The highest BCUT2D eigenvalue weighted by Gasteiger charge is 2.07. The van der Waals surface area contributed by atoms with Gasteiger partial charge in [-0.25, -0.2) is 9.37 Å². The van der Waals surface area contributed by atoms with Gasteiger partial charge in [0.1, 0.15) is 11.6 Å². The van der Waals surface area contributed by atoms with Crippen LogP contribution in [0.5, 0.6) is 0 Å². The Morgan fingerprint density at radius 2 is 2.06 bits per heavy atom. The monoisotopic (exact) mass is 234 g/mol. The third-order valence-electron chi connectivity index (χ3n) is 2.66. The topological polar surface area (TPSA) is 56.7 Å². The van der Waals surface area contributed by atoms with E-state index in [0.29, 0.717) is 30.8 Å². The van der Waals surface area contributed by atoms with Crippen LogP contribution in [-0.4, -0.2) is 14.8 Å². The maximum absolute atomic E-state index is 13.4. The molecule has 0 unspecified atom stereocenters. The van der Waals surface area contributed by atoms with Crippen LogP contribution in [0.1, 0.15) is 17.2 Å². The molecule has 5 heteroatoms. The highest BCUT2D eigenvalue weighted by Crippen LogP contribution is 2.09. The zero-order valence-electron chi connectivity index (χ0n) is 9.73. The van der Waals surface area contributed by atoms with Gasteiger partial charge in [-0.05, 0) is 18.1 Å². The van der Waals surface area contributed by atoms with Gasteiger partial charge < -0.3 is 5.73 Å². The van der Waals surface area contributed by atoms with Crippen LogP contribution in [-0.2, 0) is 26.4 Å². The van der Waals surface area contributed by atoms with Crippen molar-refractivity contribution in [3.63, 3.8) is 0 Å². The molecule has 17 heavy (non-hydrogen) atoms. The summed E-state index contributed by atoms with van der Waals surface area (Å²) in [5.41, 5.74) is 6.16. The first kappa shape index (κ1) is 11.7. The molecule has 0 saturated heterocycles. The second-order valence-corrected chi connectivity index (χ2v) is 3.86. The van der Waals surface area contributed by atoms with E-state index in [9.17, 15) is 4.39 Å². The largest absolute Gasteiger partial charge is 0.324 e. The average Bonchev–Trinajstić information content (AvgIpc) is 2.69.